The summed E-state index contributed by atoms with van der Waals surface area (Å²) in [5, 5.41) is 3.40. The van der Waals surface area contributed by atoms with E-state index in [-0.39, 0.29) is 3.23 Å². The number of piperidine rings is 1. The minimum atomic E-state index is 0.247. The first-order valence-corrected chi connectivity index (χ1v) is 5.26. The van der Waals surface area contributed by atoms with Gasteiger partial charge < -0.3 is 5.32 Å². The Bertz CT molecular complexity index is 169. The van der Waals surface area contributed by atoms with E-state index >= 15 is 0 Å². The number of halogens is 2. The summed E-state index contributed by atoms with van der Waals surface area (Å²) in [5.41, 5.74) is 0.512. The van der Waals surface area contributed by atoms with E-state index in [4.69, 9.17) is 0 Å². The van der Waals surface area contributed by atoms with E-state index in [1.807, 2.05) is 0 Å². The van der Waals surface area contributed by atoms with E-state index in [1.165, 1.54) is 13.0 Å². The van der Waals surface area contributed by atoms with Crippen LogP contribution in [0.25, 0.3) is 0 Å². The van der Waals surface area contributed by atoms with Crippen LogP contribution in [0.4, 0.5) is 0 Å². The molecule has 0 aromatic heterocycles. The molecule has 2 aliphatic rings. The lowest BCUT2D eigenvalue weighted by Gasteiger charge is -2.16. The van der Waals surface area contributed by atoms with Gasteiger partial charge in [-0.1, -0.05) is 38.8 Å². The molecule has 0 unspecified atom stereocenters. The van der Waals surface area contributed by atoms with E-state index < -0.39 is 0 Å². The van der Waals surface area contributed by atoms with Crippen LogP contribution in [-0.2, 0) is 0 Å². The molecule has 1 saturated heterocycles. The topological polar surface area (TPSA) is 12.0 Å². The van der Waals surface area contributed by atoms with Crippen molar-refractivity contribution in [3.05, 3.63) is 0 Å². The lowest BCUT2D eigenvalue weighted by molar-refractivity contribution is 0.382. The molecule has 0 aromatic carbocycles. The summed E-state index contributed by atoms with van der Waals surface area (Å²) < 4.78 is 0.247. The maximum atomic E-state index is 3.71. The van der Waals surface area contributed by atoms with E-state index in [2.05, 4.69) is 44.1 Å². The summed E-state index contributed by atoms with van der Waals surface area (Å²) in [6.45, 7) is 4.68. The molecule has 2 rings (SSSR count). The number of alkyl halides is 2. The summed E-state index contributed by atoms with van der Waals surface area (Å²) in [7, 11) is 0. The van der Waals surface area contributed by atoms with E-state index in [0.29, 0.717) is 5.41 Å². The van der Waals surface area contributed by atoms with Gasteiger partial charge in [-0.15, -0.1) is 0 Å². The van der Waals surface area contributed by atoms with Crippen molar-refractivity contribution >= 4 is 31.9 Å². The van der Waals surface area contributed by atoms with Gasteiger partial charge in [-0.25, -0.2) is 0 Å². The van der Waals surface area contributed by atoms with Crippen molar-refractivity contribution in [1.82, 2.24) is 5.32 Å². The van der Waals surface area contributed by atoms with Crippen LogP contribution in [0.3, 0.4) is 0 Å². The van der Waals surface area contributed by atoms with Crippen molar-refractivity contribution in [1.29, 1.82) is 0 Å². The Hall–Kier alpha value is 0.920. The monoisotopic (exact) mass is 267 g/mol. The molecule has 1 aliphatic carbocycles. The SMILES string of the molecule is C[C@@]12CCNC[C@@H]1C2(Br)Br. The third kappa shape index (κ3) is 0.718. The molecular weight excluding hydrogens is 258 g/mol. The first kappa shape index (κ1) is 7.56. The van der Waals surface area contributed by atoms with E-state index in [0.717, 1.165) is 12.5 Å². The van der Waals surface area contributed by atoms with Gasteiger partial charge in [0.1, 0.15) is 0 Å². The van der Waals surface area contributed by atoms with Crippen molar-refractivity contribution in [2.75, 3.05) is 13.1 Å². The molecule has 0 bridgehead atoms. The van der Waals surface area contributed by atoms with Crippen LogP contribution in [0, 0.1) is 11.3 Å². The standard InChI is InChI=1S/C7H11Br2N/c1-6-2-3-10-4-5(6)7(6,8)9/h5,10H,2-4H2,1H3/t5-,6+/m0/s1. The molecule has 1 N–H and O–H groups in total. The largest absolute Gasteiger partial charge is 0.316 e. The Balaban J connectivity index is 2.20. The van der Waals surface area contributed by atoms with Gasteiger partial charge in [0.15, 0.2) is 0 Å². The number of hydrogen-bond donors (Lipinski definition) is 1. The van der Waals surface area contributed by atoms with Gasteiger partial charge >= 0.3 is 0 Å². The Kier molecular flexibility index (Phi) is 1.50. The number of nitrogens with one attached hydrogen (secondary N) is 1. The van der Waals surface area contributed by atoms with E-state index in [9.17, 15) is 0 Å². The molecule has 0 spiro atoms. The number of hydrogen-bond acceptors (Lipinski definition) is 1. The van der Waals surface area contributed by atoms with Crippen molar-refractivity contribution in [2.45, 2.75) is 16.6 Å². The molecule has 10 heavy (non-hydrogen) atoms. The second kappa shape index (κ2) is 1.99. The van der Waals surface area contributed by atoms with Crippen molar-refractivity contribution < 1.29 is 0 Å². The summed E-state index contributed by atoms with van der Waals surface area (Å²) in [5.74, 6) is 0.786. The second-order valence-corrected chi connectivity index (χ2v) is 7.11. The van der Waals surface area contributed by atoms with E-state index in [1.54, 1.807) is 0 Å². The molecule has 0 aromatic rings. The van der Waals surface area contributed by atoms with Gasteiger partial charge in [0.05, 0.1) is 3.23 Å². The summed E-state index contributed by atoms with van der Waals surface area (Å²) in [6.07, 6.45) is 1.29. The summed E-state index contributed by atoms with van der Waals surface area (Å²) in [6, 6.07) is 0. The molecule has 2 fully saturated rings. The quantitative estimate of drug-likeness (QED) is 0.664. The fraction of sp³-hybridized carbons (Fsp3) is 1.00. The summed E-state index contributed by atoms with van der Waals surface area (Å²) >= 11 is 7.42. The van der Waals surface area contributed by atoms with Gasteiger partial charge in [0, 0.05) is 17.9 Å². The zero-order chi connectivity index (χ0) is 7.41. The van der Waals surface area contributed by atoms with Crippen LogP contribution in [-0.4, -0.2) is 16.3 Å². The normalized spacial score (nSPS) is 50.1. The Morgan fingerprint density at radius 3 is 2.60 bits per heavy atom. The minimum Gasteiger partial charge on any atom is -0.316 e. The minimum absolute atomic E-state index is 0.247. The van der Waals surface area contributed by atoms with Crippen LogP contribution < -0.4 is 5.32 Å². The number of rotatable bonds is 0. The predicted molar refractivity (Wildman–Crippen MR) is 49.7 cm³/mol. The molecule has 1 saturated carbocycles. The van der Waals surface area contributed by atoms with Crippen LogP contribution in [0.1, 0.15) is 13.3 Å². The highest BCUT2D eigenvalue weighted by Gasteiger charge is 2.71. The highest BCUT2D eigenvalue weighted by Crippen LogP contribution is 2.73. The molecule has 3 heteroatoms. The third-order valence-electron chi connectivity index (χ3n) is 3.05. The van der Waals surface area contributed by atoms with Crippen molar-refractivity contribution in [3.8, 4) is 0 Å². The Morgan fingerprint density at radius 1 is 1.50 bits per heavy atom. The predicted octanol–water partition coefficient (Wildman–Crippen LogP) is 2.10. The second-order valence-electron chi connectivity index (χ2n) is 3.55. The molecule has 1 aliphatic heterocycles. The molecule has 0 radical (unpaired) electrons. The van der Waals surface area contributed by atoms with Gasteiger partial charge in [-0.05, 0) is 13.0 Å². The average Bonchev–Trinajstić information content (AvgIpc) is 2.30. The smallest absolute Gasteiger partial charge is 0.0909 e. The van der Waals surface area contributed by atoms with Gasteiger partial charge in [0.25, 0.3) is 0 Å². The average molecular weight is 269 g/mol. The number of fused-ring (bicyclic) bond motifs is 1. The first-order chi connectivity index (χ1) is 4.59. The van der Waals surface area contributed by atoms with Crippen LogP contribution >= 0.6 is 31.9 Å². The Morgan fingerprint density at radius 2 is 2.20 bits per heavy atom. The lowest BCUT2D eigenvalue weighted by atomic mass is 9.99. The van der Waals surface area contributed by atoms with Crippen molar-refractivity contribution in [2.24, 2.45) is 11.3 Å². The van der Waals surface area contributed by atoms with Crippen molar-refractivity contribution in [3.63, 3.8) is 0 Å². The molecule has 2 atom stereocenters. The van der Waals surface area contributed by atoms with Crippen LogP contribution in [0.15, 0.2) is 0 Å². The zero-order valence-electron chi connectivity index (χ0n) is 5.95. The zero-order valence-corrected chi connectivity index (χ0v) is 9.13. The molecule has 1 heterocycles. The molecule has 1 nitrogen and oxygen atoms in total. The molecule has 0 amide bonds. The maximum absolute atomic E-state index is 3.71. The summed E-state index contributed by atoms with van der Waals surface area (Å²) in [4.78, 5) is 0. The van der Waals surface area contributed by atoms with Crippen LogP contribution in [0.2, 0.25) is 0 Å². The fourth-order valence-electron chi connectivity index (χ4n) is 1.96. The maximum Gasteiger partial charge on any atom is 0.0909 e. The highest BCUT2D eigenvalue weighted by atomic mass is 79.9. The van der Waals surface area contributed by atoms with Crippen LogP contribution in [0.5, 0.6) is 0 Å². The van der Waals surface area contributed by atoms with Gasteiger partial charge in [-0.3, -0.25) is 0 Å². The molecule has 58 valence electrons. The Labute approximate surface area is 78.2 Å². The van der Waals surface area contributed by atoms with Gasteiger partial charge in [-0.2, -0.15) is 0 Å². The third-order valence-corrected chi connectivity index (χ3v) is 5.97. The highest BCUT2D eigenvalue weighted by molar-refractivity contribution is 9.25. The lowest BCUT2D eigenvalue weighted by Crippen LogP contribution is -2.27. The molecular formula is C7H11Br2N. The first-order valence-electron chi connectivity index (χ1n) is 3.67. The van der Waals surface area contributed by atoms with Gasteiger partial charge in [0.2, 0.25) is 0 Å². The fourth-order valence-corrected chi connectivity index (χ4v) is 4.02.